The van der Waals surface area contributed by atoms with Crippen molar-refractivity contribution in [1.29, 1.82) is 0 Å². The number of nitrogens with one attached hydrogen (secondary N) is 1. The number of hydrogen-bond acceptors (Lipinski definition) is 10. The van der Waals surface area contributed by atoms with Gasteiger partial charge >= 0.3 is 6.18 Å². The summed E-state index contributed by atoms with van der Waals surface area (Å²) in [6, 6.07) is -0.951. The highest BCUT2D eigenvalue weighted by Gasteiger charge is 2.40. The molecule has 190 valence electrons. The molecule has 3 aromatic rings. The number of rotatable bonds is 6. The molecule has 0 radical (unpaired) electrons. The first kappa shape index (κ1) is 25.2. The van der Waals surface area contributed by atoms with E-state index in [4.69, 9.17) is 0 Å². The Kier molecular flexibility index (Phi) is 6.48. The van der Waals surface area contributed by atoms with Gasteiger partial charge < -0.3 is 19.9 Å². The molecule has 12 nitrogen and oxygen atoms in total. The van der Waals surface area contributed by atoms with Crippen molar-refractivity contribution in [3.63, 3.8) is 0 Å². The lowest BCUT2D eigenvalue weighted by atomic mass is 10.2. The monoisotopic (exact) mass is 524 g/mol. The Labute approximate surface area is 205 Å². The topological polar surface area (TPSA) is 146 Å². The molecule has 16 heteroatoms. The SMILES string of the molecule is CC(=O)CN1C(=O)c2c(ncn2[C@@H](C)C(=O)Nc2csc(-c3cnc(C(F)(F)F)nc3)n2)N(C)C1O. The number of thiazole rings is 1. The van der Waals surface area contributed by atoms with Gasteiger partial charge in [-0.05, 0) is 13.8 Å². The van der Waals surface area contributed by atoms with E-state index in [2.05, 4.69) is 25.3 Å². The Hall–Kier alpha value is -3.92. The number of Topliss-reactive ketones (excluding diaryl/α,β-unsaturated/α-hetero) is 1. The van der Waals surface area contributed by atoms with Crippen molar-refractivity contribution < 1.29 is 32.7 Å². The Morgan fingerprint density at radius 1 is 1.25 bits per heavy atom. The summed E-state index contributed by atoms with van der Waals surface area (Å²) in [5.41, 5.74) is 0.260. The number of aliphatic hydroxyl groups is 1. The van der Waals surface area contributed by atoms with E-state index in [0.29, 0.717) is 0 Å². The van der Waals surface area contributed by atoms with Crippen molar-refractivity contribution >= 4 is 40.6 Å². The number of carbonyl (C=O) groups excluding carboxylic acids is 3. The van der Waals surface area contributed by atoms with Crippen molar-refractivity contribution in [1.82, 2.24) is 29.4 Å². The number of anilines is 2. The van der Waals surface area contributed by atoms with Gasteiger partial charge in [0.1, 0.15) is 22.7 Å². The van der Waals surface area contributed by atoms with Gasteiger partial charge in [0.15, 0.2) is 11.5 Å². The van der Waals surface area contributed by atoms with Gasteiger partial charge in [0.2, 0.25) is 18.1 Å². The van der Waals surface area contributed by atoms with Gasteiger partial charge in [0.25, 0.3) is 5.91 Å². The van der Waals surface area contributed by atoms with Gasteiger partial charge in [0, 0.05) is 30.4 Å². The predicted octanol–water partition coefficient (Wildman–Crippen LogP) is 1.77. The number of aliphatic hydroxyl groups excluding tert-OH is 1. The van der Waals surface area contributed by atoms with Gasteiger partial charge in [-0.25, -0.2) is 19.9 Å². The van der Waals surface area contributed by atoms with Crippen LogP contribution < -0.4 is 10.2 Å². The molecule has 2 amide bonds. The van der Waals surface area contributed by atoms with Crippen LogP contribution in [0.5, 0.6) is 0 Å². The quantitative estimate of drug-likeness (QED) is 0.492. The maximum atomic E-state index is 13.0. The fourth-order valence-corrected chi connectivity index (χ4v) is 4.19. The highest BCUT2D eigenvalue weighted by molar-refractivity contribution is 7.13. The summed E-state index contributed by atoms with van der Waals surface area (Å²) in [5, 5.41) is 14.8. The third-order valence-corrected chi connectivity index (χ3v) is 6.19. The Balaban J connectivity index is 1.52. The number of ketones is 1. The lowest BCUT2D eigenvalue weighted by Crippen LogP contribution is -2.55. The molecule has 0 aromatic carbocycles. The van der Waals surface area contributed by atoms with Crippen LogP contribution in [0, 0.1) is 0 Å². The third kappa shape index (κ3) is 4.64. The number of alkyl halides is 3. The maximum Gasteiger partial charge on any atom is 0.451 e. The minimum absolute atomic E-state index is 0.0209. The van der Waals surface area contributed by atoms with Gasteiger partial charge in [-0.1, -0.05) is 0 Å². The van der Waals surface area contributed by atoms with Crippen LogP contribution in [0.4, 0.5) is 24.8 Å². The number of halogens is 3. The van der Waals surface area contributed by atoms with Crippen LogP contribution in [0.15, 0.2) is 24.1 Å². The van der Waals surface area contributed by atoms with Crippen LogP contribution in [0.1, 0.15) is 36.2 Å². The summed E-state index contributed by atoms with van der Waals surface area (Å²) in [4.78, 5) is 54.7. The number of hydrogen-bond donors (Lipinski definition) is 2. The first-order valence-corrected chi connectivity index (χ1v) is 11.2. The highest BCUT2D eigenvalue weighted by atomic mass is 32.1. The predicted molar refractivity (Wildman–Crippen MR) is 120 cm³/mol. The van der Waals surface area contributed by atoms with Crippen molar-refractivity contribution in [2.75, 3.05) is 23.8 Å². The van der Waals surface area contributed by atoms with Crippen molar-refractivity contribution in [2.45, 2.75) is 32.4 Å². The van der Waals surface area contributed by atoms with E-state index in [9.17, 15) is 32.7 Å². The molecule has 0 spiro atoms. The van der Waals surface area contributed by atoms with Gasteiger partial charge in [-0.3, -0.25) is 19.3 Å². The zero-order chi connectivity index (χ0) is 26.4. The van der Waals surface area contributed by atoms with E-state index in [1.165, 1.54) is 42.1 Å². The number of aromatic nitrogens is 5. The molecule has 0 fully saturated rings. The van der Waals surface area contributed by atoms with Crippen molar-refractivity contribution in [3.8, 4) is 10.6 Å². The smallest absolute Gasteiger partial charge is 0.356 e. The molecule has 2 N–H and O–H groups in total. The molecule has 3 aromatic heterocycles. The van der Waals surface area contributed by atoms with Crippen LogP contribution >= 0.6 is 11.3 Å². The molecular weight excluding hydrogens is 505 g/mol. The number of fused-ring (bicyclic) bond motifs is 1. The third-order valence-electron chi connectivity index (χ3n) is 5.29. The summed E-state index contributed by atoms with van der Waals surface area (Å²) < 4.78 is 39.3. The number of nitrogens with zero attached hydrogens (tertiary/aromatic N) is 7. The summed E-state index contributed by atoms with van der Waals surface area (Å²) >= 11 is 1.06. The summed E-state index contributed by atoms with van der Waals surface area (Å²) in [5.74, 6) is -2.56. The Bertz CT molecular complexity index is 1320. The maximum absolute atomic E-state index is 13.0. The zero-order valence-electron chi connectivity index (χ0n) is 19.0. The fraction of sp³-hybridized carbons (Fsp3) is 0.350. The van der Waals surface area contributed by atoms with Crippen LogP contribution in [0.25, 0.3) is 10.6 Å². The fourth-order valence-electron chi connectivity index (χ4n) is 3.47. The van der Waals surface area contributed by atoms with Crippen LogP contribution in [0.2, 0.25) is 0 Å². The molecule has 1 unspecified atom stereocenters. The summed E-state index contributed by atoms with van der Waals surface area (Å²) in [6.07, 6.45) is -2.81. The van der Waals surface area contributed by atoms with E-state index < -0.39 is 36.2 Å². The summed E-state index contributed by atoms with van der Waals surface area (Å²) in [6.45, 7) is 2.47. The lowest BCUT2D eigenvalue weighted by molar-refractivity contribution is -0.145. The minimum Gasteiger partial charge on any atom is -0.356 e. The molecule has 1 aliphatic heterocycles. The largest absolute Gasteiger partial charge is 0.451 e. The van der Waals surface area contributed by atoms with E-state index in [1.807, 2.05) is 0 Å². The first-order valence-electron chi connectivity index (χ1n) is 10.3. The first-order chi connectivity index (χ1) is 16.9. The highest BCUT2D eigenvalue weighted by Crippen LogP contribution is 2.31. The average Bonchev–Trinajstić information content (AvgIpc) is 3.47. The molecule has 0 aliphatic carbocycles. The van der Waals surface area contributed by atoms with Crippen LogP contribution in [-0.4, -0.2) is 72.1 Å². The molecule has 4 rings (SSSR count). The molecule has 4 heterocycles. The van der Waals surface area contributed by atoms with Crippen LogP contribution in [-0.2, 0) is 15.8 Å². The van der Waals surface area contributed by atoms with Crippen molar-refractivity contribution in [2.24, 2.45) is 0 Å². The molecule has 0 saturated heterocycles. The van der Waals surface area contributed by atoms with Gasteiger partial charge in [0.05, 0.1) is 12.9 Å². The summed E-state index contributed by atoms with van der Waals surface area (Å²) in [7, 11) is 1.49. The molecular formula is C20H19F3N8O4S. The number of carbonyl (C=O) groups is 3. The second-order valence-corrected chi connectivity index (χ2v) is 8.77. The standard InChI is InChI=1S/C20H19F3N8O4S/c1-9(32)6-30-17(34)13-14(29(3)19(30)35)26-8-31(13)10(2)15(33)27-12-7-36-16(28-12)11-4-24-18(25-5-11)20(21,22)23/h4-5,7-8,10,19,35H,6H2,1-3H3,(H,27,33)/t10-,19?/m0/s1. The minimum atomic E-state index is -4.67. The van der Waals surface area contributed by atoms with E-state index in [1.54, 1.807) is 0 Å². The Morgan fingerprint density at radius 2 is 1.92 bits per heavy atom. The Morgan fingerprint density at radius 3 is 2.53 bits per heavy atom. The van der Waals surface area contributed by atoms with E-state index in [-0.39, 0.29) is 40.2 Å². The average molecular weight is 524 g/mol. The lowest BCUT2D eigenvalue weighted by Gasteiger charge is -2.38. The van der Waals surface area contributed by atoms with Crippen LogP contribution in [0.3, 0.4) is 0 Å². The molecule has 0 bridgehead atoms. The molecule has 0 saturated carbocycles. The number of imidazole rings is 1. The zero-order valence-corrected chi connectivity index (χ0v) is 19.8. The molecule has 36 heavy (non-hydrogen) atoms. The van der Waals surface area contributed by atoms with E-state index >= 15 is 0 Å². The van der Waals surface area contributed by atoms with Gasteiger partial charge in [-0.2, -0.15) is 13.2 Å². The van der Waals surface area contributed by atoms with E-state index in [0.717, 1.165) is 28.6 Å². The second-order valence-electron chi connectivity index (χ2n) is 7.91. The normalized spacial score (nSPS) is 16.6. The molecule has 1 aliphatic rings. The number of amides is 2. The second kappa shape index (κ2) is 9.27. The molecule has 2 atom stereocenters. The van der Waals surface area contributed by atoms with Gasteiger partial charge in [-0.15, -0.1) is 11.3 Å². The van der Waals surface area contributed by atoms with Crippen molar-refractivity contribution in [3.05, 3.63) is 35.6 Å².